The lowest BCUT2D eigenvalue weighted by atomic mass is 10.2. The molecule has 0 bridgehead atoms. The molecule has 86 valence electrons. The number of rotatable bonds is 6. The molecule has 0 fully saturated rings. The van der Waals surface area contributed by atoms with Crippen LogP contribution in [-0.2, 0) is 6.54 Å². The van der Waals surface area contributed by atoms with Crippen molar-refractivity contribution >= 4 is 15.9 Å². The maximum Gasteiger partial charge on any atom is 0.0632 e. The summed E-state index contributed by atoms with van der Waals surface area (Å²) in [6, 6.07) is 0.683. The molecule has 2 N–H and O–H groups in total. The Kier molecular flexibility index (Phi) is 5.28. The normalized spacial score (nSPS) is 15.2. The van der Waals surface area contributed by atoms with Gasteiger partial charge in [-0.3, -0.25) is 4.68 Å². The Balaban J connectivity index is 2.32. The molecule has 2 atom stereocenters. The summed E-state index contributed by atoms with van der Waals surface area (Å²) in [5.74, 6) is 0. The molecule has 15 heavy (non-hydrogen) atoms. The molecule has 0 aliphatic heterocycles. The molecule has 1 rings (SSSR count). The Morgan fingerprint density at radius 3 is 2.80 bits per heavy atom. The first-order chi connectivity index (χ1) is 7.11. The van der Waals surface area contributed by atoms with E-state index in [1.165, 1.54) is 0 Å². The van der Waals surface area contributed by atoms with Crippen LogP contribution in [0.5, 0.6) is 0 Å². The number of halogens is 1. The van der Waals surface area contributed by atoms with Gasteiger partial charge < -0.3 is 10.4 Å². The second-order valence-electron chi connectivity index (χ2n) is 3.86. The molecule has 0 aromatic carbocycles. The number of hydrogen-bond acceptors (Lipinski definition) is 3. The highest BCUT2D eigenvalue weighted by atomic mass is 79.9. The average Bonchev–Trinajstić information content (AvgIpc) is 2.51. The van der Waals surface area contributed by atoms with Crippen LogP contribution in [0.15, 0.2) is 16.9 Å². The molecule has 0 aliphatic carbocycles. The quantitative estimate of drug-likeness (QED) is 0.825. The Morgan fingerprint density at radius 1 is 1.53 bits per heavy atom. The van der Waals surface area contributed by atoms with Crippen LogP contribution in [0.1, 0.15) is 20.3 Å². The zero-order chi connectivity index (χ0) is 11.3. The summed E-state index contributed by atoms with van der Waals surface area (Å²) in [7, 11) is 0. The second-order valence-corrected chi connectivity index (χ2v) is 4.78. The van der Waals surface area contributed by atoms with E-state index in [-0.39, 0.29) is 6.61 Å². The van der Waals surface area contributed by atoms with Crippen molar-refractivity contribution in [2.75, 3.05) is 6.61 Å². The van der Waals surface area contributed by atoms with Crippen LogP contribution >= 0.6 is 15.9 Å². The van der Waals surface area contributed by atoms with Gasteiger partial charge in [0.15, 0.2) is 0 Å². The number of aromatic nitrogens is 2. The van der Waals surface area contributed by atoms with E-state index in [4.69, 9.17) is 5.11 Å². The van der Waals surface area contributed by atoms with Gasteiger partial charge in [-0.1, -0.05) is 0 Å². The van der Waals surface area contributed by atoms with Gasteiger partial charge in [0.1, 0.15) is 0 Å². The van der Waals surface area contributed by atoms with Crippen molar-refractivity contribution in [1.29, 1.82) is 0 Å². The second kappa shape index (κ2) is 6.25. The van der Waals surface area contributed by atoms with Gasteiger partial charge in [-0.15, -0.1) is 0 Å². The zero-order valence-electron chi connectivity index (χ0n) is 9.15. The summed E-state index contributed by atoms with van der Waals surface area (Å²) < 4.78 is 2.89. The lowest BCUT2D eigenvalue weighted by Gasteiger charge is -2.19. The average molecular weight is 276 g/mol. The molecule has 0 saturated carbocycles. The highest BCUT2D eigenvalue weighted by molar-refractivity contribution is 9.10. The number of aliphatic hydroxyl groups is 1. The van der Waals surface area contributed by atoms with Crippen LogP contribution in [0, 0.1) is 0 Å². The number of nitrogens with one attached hydrogen (secondary N) is 1. The van der Waals surface area contributed by atoms with Crippen LogP contribution in [0.4, 0.5) is 0 Å². The standard InChI is InChI=1S/C10H18BrN3O/c1-8(3-4-15)13-9(2)6-14-7-10(11)5-12-14/h5,7-9,13,15H,3-4,6H2,1-2H3/t8-,9?/m1/s1. The highest BCUT2D eigenvalue weighted by Crippen LogP contribution is 2.06. The van der Waals surface area contributed by atoms with E-state index in [2.05, 4.69) is 40.2 Å². The molecule has 1 heterocycles. The van der Waals surface area contributed by atoms with Crippen LogP contribution in [0.2, 0.25) is 0 Å². The SMILES string of the molecule is CC(Cn1cc(Br)cn1)N[C@H](C)CCO. The van der Waals surface area contributed by atoms with Crippen LogP contribution < -0.4 is 5.32 Å². The Hall–Kier alpha value is -0.390. The van der Waals surface area contributed by atoms with Crippen LogP contribution in [0.25, 0.3) is 0 Å². The molecule has 0 radical (unpaired) electrons. The van der Waals surface area contributed by atoms with Gasteiger partial charge in [0, 0.05) is 24.9 Å². The third-order valence-corrected chi connectivity index (χ3v) is 2.60. The first kappa shape index (κ1) is 12.7. The number of aliphatic hydroxyl groups excluding tert-OH is 1. The smallest absolute Gasteiger partial charge is 0.0632 e. The maximum absolute atomic E-state index is 8.78. The van der Waals surface area contributed by atoms with Crippen molar-refractivity contribution in [3.8, 4) is 0 Å². The first-order valence-electron chi connectivity index (χ1n) is 5.16. The number of nitrogens with zero attached hydrogens (tertiary/aromatic N) is 2. The molecule has 0 aliphatic rings. The van der Waals surface area contributed by atoms with Gasteiger partial charge >= 0.3 is 0 Å². The summed E-state index contributed by atoms with van der Waals surface area (Å²) in [5, 5.41) is 16.4. The lowest BCUT2D eigenvalue weighted by molar-refractivity contribution is 0.261. The summed E-state index contributed by atoms with van der Waals surface area (Å²) in [5.41, 5.74) is 0. The summed E-state index contributed by atoms with van der Waals surface area (Å²) in [6.45, 7) is 5.25. The molecule has 0 spiro atoms. The largest absolute Gasteiger partial charge is 0.396 e. The first-order valence-corrected chi connectivity index (χ1v) is 5.96. The Labute approximate surface area is 98.8 Å². The summed E-state index contributed by atoms with van der Waals surface area (Å²) in [6.07, 6.45) is 4.52. The lowest BCUT2D eigenvalue weighted by Crippen LogP contribution is -2.37. The summed E-state index contributed by atoms with van der Waals surface area (Å²) >= 11 is 3.36. The molecule has 1 aromatic rings. The molecular formula is C10H18BrN3O. The molecule has 5 heteroatoms. The van der Waals surface area contributed by atoms with Gasteiger partial charge in [-0.2, -0.15) is 5.10 Å². The van der Waals surface area contributed by atoms with E-state index < -0.39 is 0 Å². The Bertz CT molecular complexity index is 290. The van der Waals surface area contributed by atoms with Gasteiger partial charge in [-0.05, 0) is 36.2 Å². The third-order valence-electron chi connectivity index (χ3n) is 2.19. The van der Waals surface area contributed by atoms with E-state index in [0.717, 1.165) is 17.4 Å². The highest BCUT2D eigenvalue weighted by Gasteiger charge is 2.07. The van der Waals surface area contributed by atoms with E-state index in [1.807, 2.05) is 10.9 Å². The van der Waals surface area contributed by atoms with E-state index >= 15 is 0 Å². The molecule has 1 aromatic heterocycles. The van der Waals surface area contributed by atoms with Crippen molar-refractivity contribution in [2.45, 2.75) is 38.9 Å². The minimum absolute atomic E-state index is 0.230. The fourth-order valence-corrected chi connectivity index (χ4v) is 1.86. The maximum atomic E-state index is 8.78. The van der Waals surface area contributed by atoms with Crippen molar-refractivity contribution in [3.05, 3.63) is 16.9 Å². The molecular weight excluding hydrogens is 258 g/mol. The fraction of sp³-hybridized carbons (Fsp3) is 0.700. The van der Waals surface area contributed by atoms with E-state index in [0.29, 0.717) is 12.1 Å². The van der Waals surface area contributed by atoms with Crippen molar-refractivity contribution < 1.29 is 5.11 Å². The van der Waals surface area contributed by atoms with Gasteiger partial charge in [0.2, 0.25) is 0 Å². The molecule has 1 unspecified atom stereocenters. The van der Waals surface area contributed by atoms with Gasteiger partial charge in [0.05, 0.1) is 17.2 Å². The van der Waals surface area contributed by atoms with E-state index in [1.54, 1.807) is 6.20 Å². The molecule has 0 amide bonds. The van der Waals surface area contributed by atoms with Crippen molar-refractivity contribution in [2.24, 2.45) is 0 Å². The van der Waals surface area contributed by atoms with Gasteiger partial charge in [-0.25, -0.2) is 0 Å². The Morgan fingerprint density at radius 2 is 2.27 bits per heavy atom. The zero-order valence-corrected chi connectivity index (χ0v) is 10.7. The van der Waals surface area contributed by atoms with Crippen molar-refractivity contribution in [1.82, 2.24) is 15.1 Å². The minimum atomic E-state index is 0.230. The summed E-state index contributed by atoms with van der Waals surface area (Å²) in [4.78, 5) is 0. The third kappa shape index (κ3) is 4.77. The molecule has 0 saturated heterocycles. The monoisotopic (exact) mass is 275 g/mol. The molecule has 4 nitrogen and oxygen atoms in total. The predicted octanol–water partition coefficient (Wildman–Crippen LogP) is 1.39. The predicted molar refractivity (Wildman–Crippen MR) is 63.7 cm³/mol. The van der Waals surface area contributed by atoms with Crippen molar-refractivity contribution in [3.63, 3.8) is 0 Å². The minimum Gasteiger partial charge on any atom is -0.396 e. The van der Waals surface area contributed by atoms with E-state index in [9.17, 15) is 0 Å². The van der Waals surface area contributed by atoms with Gasteiger partial charge in [0.25, 0.3) is 0 Å². The van der Waals surface area contributed by atoms with Crippen LogP contribution in [0.3, 0.4) is 0 Å². The van der Waals surface area contributed by atoms with Crippen LogP contribution in [-0.4, -0.2) is 33.6 Å². The fourth-order valence-electron chi connectivity index (χ4n) is 1.53. The number of hydrogen-bond donors (Lipinski definition) is 2. The topological polar surface area (TPSA) is 50.1 Å².